The van der Waals surface area contributed by atoms with E-state index in [9.17, 15) is 5.11 Å². The van der Waals surface area contributed by atoms with Crippen LogP contribution in [0.2, 0.25) is 0 Å². The van der Waals surface area contributed by atoms with Crippen LogP contribution in [0.3, 0.4) is 0 Å². The molecule has 0 aliphatic carbocycles. The quantitative estimate of drug-likeness (QED) is 0.876. The molecule has 0 saturated carbocycles. The van der Waals surface area contributed by atoms with Crippen molar-refractivity contribution in [3.63, 3.8) is 0 Å². The molecule has 112 valence electrons. The van der Waals surface area contributed by atoms with E-state index in [1.54, 1.807) is 12.1 Å². The highest BCUT2D eigenvalue weighted by Crippen LogP contribution is 2.22. The van der Waals surface area contributed by atoms with Crippen molar-refractivity contribution in [1.29, 1.82) is 0 Å². The molecule has 0 spiro atoms. The first-order valence-electron chi connectivity index (χ1n) is 7.28. The SMILES string of the molecule is Cc1cc(N(C)C)ccc1NC(C)Cc1ccc(O)cc1. The molecule has 21 heavy (non-hydrogen) atoms. The number of benzene rings is 2. The van der Waals surface area contributed by atoms with E-state index in [4.69, 9.17) is 0 Å². The zero-order valence-electron chi connectivity index (χ0n) is 13.2. The molecule has 2 aromatic rings. The fourth-order valence-corrected chi connectivity index (χ4v) is 2.39. The molecule has 1 unspecified atom stereocenters. The number of hydrogen-bond donors (Lipinski definition) is 2. The van der Waals surface area contributed by atoms with Gasteiger partial charge in [0.2, 0.25) is 0 Å². The van der Waals surface area contributed by atoms with E-state index >= 15 is 0 Å². The zero-order valence-corrected chi connectivity index (χ0v) is 13.2. The summed E-state index contributed by atoms with van der Waals surface area (Å²) in [6.07, 6.45) is 0.926. The van der Waals surface area contributed by atoms with Crippen LogP contribution in [0.1, 0.15) is 18.1 Å². The lowest BCUT2D eigenvalue weighted by atomic mass is 10.1. The lowest BCUT2D eigenvalue weighted by Gasteiger charge is -2.19. The van der Waals surface area contributed by atoms with Gasteiger partial charge in [0, 0.05) is 31.5 Å². The van der Waals surface area contributed by atoms with Crippen molar-refractivity contribution in [1.82, 2.24) is 0 Å². The standard InChI is InChI=1S/C18H24N2O/c1-13-11-16(20(3)4)7-10-18(13)19-14(2)12-15-5-8-17(21)9-6-15/h5-11,14,19,21H,12H2,1-4H3. The third-order valence-corrected chi connectivity index (χ3v) is 3.61. The van der Waals surface area contributed by atoms with Gasteiger partial charge in [-0.1, -0.05) is 12.1 Å². The zero-order chi connectivity index (χ0) is 15.4. The highest BCUT2D eigenvalue weighted by Gasteiger charge is 2.07. The number of rotatable bonds is 5. The van der Waals surface area contributed by atoms with Crippen molar-refractivity contribution in [3.05, 3.63) is 53.6 Å². The monoisotopic (exact) mass is 284 g/mol. The van der Waals surface area contributed by atoms with E-state index in [-0.39, 0.29) is 0 Å². The Labute approximate surface area is 127 Å². The Morgan fingerprint density at radius 1 is 1.10 bits per heavy atom. The number of aromatic hydroxyl groups is 1. The minimum Gasteiger partial charge on any atom is -0.508 e. The summed E-state index contributed by atoms with van der Waals surface area (Å²) in [5.41, 5.74) is 4.85. The van der Waals surface area contributed by atoms with Gasteiger partial charge >= 0.3 is 0 Å². The van der Waals surface area contributed by atoms with Gasteiger partial charge in [-0.2, -0.15) is 0 Å². The molecule has 3 nitrogen and oxygen atoms in total. The van der Waals surface area contributed by atoms with E-state index < -0.39 is 0 Å². The predicted molar refractivity (Wildman–Crippen MR) is 90.4 cm³/mol. The number of phenolic OH excluding ortho intramolecular Hbond substituents is 1. The summed E-state index contributed by atoms with van der Waals surface area (Å²) in [6, 6.07) is 14.2. The maximum atomic E-state index is 9.31. The van der Waals surface area contributed by atoms with Crippen LogP contribution >= 0.6 is 0 Å². The van der Waals surface area contributed by atoms with E-state index in [1.807, 2.05) is 12.1 Å². The number of aryl methyl sites for hydroxylation is 1. The van der Waals surface area contributed by atoms with Crippen LogP contribution in [0, 0.1) is 6.92 Å². The Bertz CT molecular complexity index is 591. The molecule has 3 heteroatoms. The average Bonchev–Trinajstić information content (AvgIpc) is 2.43. The van der Waals surface area contributed by atoms with E-state index in [0.29, 0.717) is 11.8 Å². The molecule has 0 saturated heterocycles. The Hall–Kier alpha value is -2.16. The van der Waals surface area contributed by atoms with Crippen LogP contribution in [-0.2, 0) is 6.42 Å². The van der Waals surface area contributed by atoms with Crippen LogP contribution in [0.25, 0.3) is 0 Å². The molecule has 0 radical (unpaired) electrons. The van der Waals surface area contributed by atoms with Crippen molar-refractivity contribution < 1.29 is 5.11 Å². The number of phenols is 1. The Morgan fingerprint density at radius 2 is 1.76 bits per heavy atom. The summed E-state index contributed by atoms with van der Waals surface area (Å²) in [5, 5.41) is 12.9. The van der Waals surface area contributed by atoms with Gasteiger partial charge in [0.15, 0.2) is 0 Å². The third-order valence-electron chi connectivity index (χ3n) is 3.61. The highest BCUT2D eigenvalue weighted by molar-refractivity contribution is 5.60. The van der Waals surface area contributed by atoms with E-state index in [0.717, 1.165) is 6.42 Å². The number of hydrogen-bond acceptors (Lipinski definition) is 3. The smallest absolute Gasteiger partial charge is 0.115 e. The van der Waals surface area contributed by atoms with Crippen molar-refractivity contribution in [3.8, 4) is 5.75 Å². The first-order valence-corrected chi connectivity index (χ1v) is 7.28. The van der Waals surface area contributed by atoms with Gasteiger partial charge in [-0.05, 0) is 61.7 Å². The lowest BCUT2D eigenvalue weighted by Crippen LogP contribution is -2.19. The summed E-state index contributed by atoms with van der Waals surface area (Å²) in [5.74, 6) is 0.314. The van der Waals surface area contributed by atoms with Crippen molar-refractivity contribution >= 4 is 11.4 Å². The molecule has 0 bridgehead atoms. The Balaban J connectivity index is 2.02. The minimum absolute atomic E-state index is 0.314. The molecule has 0 heterocycles. The van der Waals surface area contributed by atoms with Gasteiger partial charge in [-0.3, -0.25) is 0 Å². The maximum Gasteiger partial charge on any atom is 0.115 e. The first kappa shape index (κ1) is 15.2. The van der Waals surface area contributed by atoms with Gasteiger partial charge in [-0.15, -0.1) is 0 Å². The summed E-state index contributed by atoms with van der Waals surface area (Å²) in [7, 11) is 4.10. The van der Waals surface area contributed by atoms with Crippen molar-refractivity contribution in [2.24, 2.45) is 0 Å². The second-order valence-corrected chi connectivity index (χ2v) is 5.81. The van der Waals surface area contributed by atoms with Crippen molar-refractivity contribution in [2.75, 3.05) is 24.3 Å². The molecule has 0 aromatic heterocycles. The molecule has 2 N–H and O–H groups in total. The van der Waals surface area contributed by atoms with Gasteiger partial charge in [0.25, 0.3) is 0 Å². The van der Waals surface area contributed by atoms with Gasteiger partial charge in [0.1, 0.15) is 5.75 Å². The van der Waals surface area contributed by atoms with Crippen molar-refractivity contribution in [2.45, 2.75) is 26.3 Å². The number of nitrogens with zero attached hydrogens (tertiary/aromatic N) is 1. The fraction of sp³-hybridized carbons (Fsp3) is 0.333. The molecule has 0 aliphatic heterocycles. The molecule has 1 atom stereocenters. The molecular formula is C18H24N2O. The topological polar surface area (TPSA) is 35.5 Å². The second-order valence-electron chi connectivity index (χ2n) is 5.81. The number of nitrogens with one attached hydrogen (secondary N) is 1. The number of anilines is 2. The van der Waals surface area contributed by atoms with Gasteiger partial charge < -0.3 is 15.3 Å². The van der Waals surface area contributed by atoms with Gasteiger partial charge in [0.05, 0.1) is 0 Å². The molecule has 2 aromatic carbocycles. The van der Waals surface area contributed by atoms with E-state index in [1.165, 1.54) is 22.5 Å². The highest BCUT2D eigenvalue weighted by atomic mass is 16.3. The molecule has 2 rings (SSSR count). The van der Waals surface area contributed by atoms with Gasteiger partial charge in [-0.25, -0.2) is 0 Å². The first-order chi connectivity index (χ1) is 9.95. The predicted octanol–water partition coefficient (Wildman–Crippen LogP) is 3.81. The van der Waals surface area contributed by atoms with Crippen LogP contribution in [-0.4, -0.2) is 25.2 Å². The molecule has 0 aliphatic rings. The summed E-state index contributed by atoms with van der Waals surface area (Å²) < 4.78 is 0. The maximum absolute atomic E-state index is 9.31. The Morgan fingerprint density at radius 3 is 2.33 bits per heavy atom. The van der Waals surface area contributed by atoms with E-state index in [2.05, 4.69) is 56.4 Å². The summed E-state index contributed by atoms with van der Waals surface area (Å²) in [4.78, 5) is 2.11. The molecular weight excluding hydrogens is 260 g/mol. The Kier molecular flexibility index (Phi) is 4.73. The molecule has 0 amide bonds. The second kappa shape index (κ2) is 6.53. The largest absolute Gasteiger partial charge is 0.508 e. The fourth-order valence-electron chi connectivity index (χ4n) is 2.39. The summed E-state index contributed by atoms with van der Waals surface area (Å²) in [6.45, 7) is 4.30. The minimum atomic E-state index is 0.314. The average molecular weight is 284 g/mol. The van der Waals surface area contributed by atoms with Crippen LogP contribution in [0.4, 0.5) is 11.4 Å². The van der Waals surface area contributed by atoms with Crippen LogP contribution in [0.5, 0.6) is 5.75 Å². The normalized spacial score (nSPS) is 12.0. The lowest BCUT2D eigenvalue weighted by molar-refractivity contribution is 0.475. The third kappa shape index (κ3) is 4.15. The van der Waals surface area contributed by atoms with Crippen LogP contribution in [0.15, 0.2) is 42.5 Å². The summed E-state index contributed by atoms with van der Waals surface area (Å²) >= 11 is 0. The van der Waals surface area contributed by atoms with Crippen LogP contribution < -0.4 is 10.2 Å². The molecule has 0 fully saturated rings.